The highest BCUT2D eigenvalue weighted by Crippen LogP contribution is 2.27. The van der Waals surface area contributed by atoms with Crippen LogP contribution in [-0.2, 0) is 4.79 Å². The van der Waals surface area contributed by atoms with Crippen LogP contribution in [0.25, 0.3) is 0 Å². The number of amides is 1. The molecular formula is C16H18ClN3O. The highest BCUT2D eigenvalue weighted by atomic mass is 35.5. The van der Waals surface area contributed by atoms with Crippen LogP contribution in [-0.4, -0.2) is 20.0 Å². The number of hydrogen-bond acceptors (Lipinski definition) is 3. The first kappa shape index (κ1) is 15.4. The Morgan fingerprint density at radius 3 is 2.43 bits per heavy atom. The number of rotatable bonds is 4. The molecule has 0 spiro atoms. The number of carbonyl (C=O) groups excluding carboxylic acids is 1. The van der Waals surface area contributed by atoms with Gasteiger partial charge in [-0.15, -0.1) is 0 Å². The van der Waals surface area contributed by atoms with E-state index in [0.717, 1.165) is 11.3 Å². The third kappa shape index (κ3) is 3.74. The second-order valence-electron chi connectivity index (χ2n) is 4.94. The molecule has 0 saturated heterocycles. The van der Waals surface area contributed by atoms with E-state index in [1.807, 2.05) is 55.4 Å². The van der Waals surface area contributed by atoms with Gasteiger partial charge in [-0.1, -0.05) is 41.9 Å². The molecule has 2 aromatic rings. The molecule has 2 rings (SSSR count). The lowest BCUT2D eigenvalue weighted by molar-refractivity contribution is -0.117. The first-order chi connectivity index (χ1) is 9.99. The minimum atomic E-state index is -0.710. The van der Waals surface area contributed by atoms with Gasteiger partial charge in [-0.25, -0.2) is 0 Å². The van der Waals surface area contributed by atoms with Crippen molar-refractivity contribution in [2.75, 3.05) is 24.3 Å². The summed E-state index contributed by atoms with van der Waals surface area (Å²) in [6.45, 7) is 0. The molecule has 5 heteroatoms. The number of carbonyl (C=O) groups is 1. The highest BCUT2D eigenvalue weighted by molar-refractivity contribution is 6.33. The van der Waals surface area contributed by atoms with Gasteiger partial charge in [0, 0.05) is 19.8 Å². The van der Waals surface area contributed by atoms with Crippen molar-refractivity contribution in [2.24, 2.45) is 5.73 Å². The Hall–Kier alpha value is -2.04. The monoisotopic (exact) mass is 303 g/mol. The van der Waals surface area contributed by atoms with Crippen LogP contribution in [0, 0.1) is 0 Å². The Bertz CT molecular complexity index is 629. The predicted octanol–water partition coefficient (Wildman–Crippen LogP) is 3.04. The summed E-state index contributed by atoms with van der Waals surface area (Å²) in [5, 5.41) is 3.36. The fourth-order valence-corrected chi connectivity index (χ4v) is 2.33. The van der Waals surface area contributed by atoms with Crippen LogP contribution in [0.2, 0.25) is 5.02 Å². The lowest BCUT2D eigenvalue weighted by Crippen LogP contribution is -2.27. The normalized spacial score (nSPS) is 11.8. The number of nitrogens with two attached hydrogens (primary N) is 1. The average Bonchev–Trinajstić information content (AvgIpc) is 2.47. The number of hydrogen-bond donors (Lipinski definition) is 2. The van der Waals surface area contributed by atoms with Crippen LogP contribution in [0.15, 0.2) is 48.5 Å². The van der Waals surface area contributed by atoms with Crippen molar-refractivity contribution in [2.45, 2.75) is 6.04 Å². The van der Waals surface area contributed by atoms with E-state index < -0.39 is 6.04 Å². The molecule has 0 aliphatic rings. The van der Waals surface area contributed by atoms with Crippen molar-refractivity contribution in [1.29, 1.82) is 0 Å². The minimum absolute atomic E-state index is 0.269. The zero-order valence-corrected chi connectivity index (χ0v) is 12.8. The molecule has 2 aromatic carbocycles. The van der Waals surface area contributed by atoms with Crippen LogP contribution >= 0.6 is 11.6 Å². The van der Waals surface area contributed by atoms with Gasteiger partial charge in [0.2, 0.25) is 5.91 Å². The van der Waals surface area contributed by atoms with Crippen molar-refractivity contribution >= 4 is 28.9 Å². The molecule has 0 aromatic heterocycles. The van der Waals surface area contributed by atoms with Gasteiger partial charge in [0.05, 0.1) is 10.7 Å². The van der Waals surface area contributed by atoms with E-state index in [0.29, 0.717) is 10.7 Å². The second kappa shape index (κ2) is 6.61. The number of benzene rings is 2. The molecule has 1 atom stereocenters. The molecule has 0 aliphatic heterocycles. The van der Waals surface area contributed by atoms with Crippen molar-refractivity contribution in [3.8, 4) is 0 Å². The summed E-state index contributed by atoms with van der Waals surface area (Å²) in [4.78, 5) is 14.1. The summed E-state index contributed by atoms with van der Waals surface area (Å²) < 4.78 is 0. The van der Waals surface area contributed by atoms with E-state index in [1.54, 1.807) is 12.1 Å². The summed E-state index contributed by atoms with van der Waals surface area (Å²) >= 11 is 6.18. The van der Waals surface area contributed by atoms with Crippen LogP contribution in [0.1, 0.15) is 11.6 Å². The Morgan fingerprint density at radius 2 is 1.86 bits per heavy atom. The molecule has 0 bridgehead atoms. The van der Waals surface area contributed by atoms with Crippen LogP contribution in [0.5, 0.6) is 0 Å². The maximum atomic E-state index is 12.2. The number of halogens is 1. The first-order valence-corrected chi connectivity index (χ1v) is 6.95. The van der Waals surface area contributed by atoms with Crippen molar-refractivity contribution in [3.05, 3.63) is 59.1 Å². The number of nitrogens with one attached hydrogen (secondary N) is 1. The topological polar surface area (TPSA) is 58.4 Å². The molecule has 3 N–H and O–H groups in total. The Kier molecular flexibility index (Phi) is 4.83. The average molecular weight is 304 g/mol. The van der Waals surface area contributed by atoms with E-state index in [1.165, 1.54) is 0 Å². The lowest BCUT2D eigenvalue weighted by atomic mass is 10.1. The highest BCUT2D eigenvalue weighted by Gasteiger charge is 2.16. The van der Waals surface area contributed by atoms with Gasteiger partial charge in [0.15, 0.2) is 0 Å². The summed E-state index contributed by atoms with van der Waals surface area (Å²) in [7, 11) is 3.82. The van der Waals surface area contributed by atoms with Gasteiger partial charge in [0.1, 0.15) is 6.04 Å². The fraction of sp³-hybridized carbons (Fsp3) is 0.188. The first-order valence-electron chi connectivity index (χ1n) is 6.57. The van der Waals surface area contributed by atoms with Gasteiger partial charge in [-0.2, -0.15) is 0 Å². The van der Waals surface area contributed by atoms with Gasteiger partial charge in [-0.3, -0.25) is 4.79 Å². The quantitative estimate of drug-likeness (QED) is 0.912. The Labute approximate surface area is 129 Å². The minimum Gasteiger partial charge on any atom is -0.376 e. The van der Waals surface area contributed by atoms with Crippen molar-refractivity contribution in [1.82, 2.24) is 0 Å². The largest absolute Gasteiger partial charge is 0.376 e. The molecule has 1 amide bonds. The standard InChI is InChI=1S/C16H18ClN3O/c1-20(2)14-9-8-12(10-13(14)17)19-16(21)15(18)11-6-4-3-5-7-11/h3-10,15H,18H2,1-2H3,(H,19,21)/t15-/m1/s1. The van der Waals surface area contributed by atoms with Gasteiger partial charge in [0.25, 0.3) is 0 Å². The molecule has 0 aliphatic carbocycles. The van der Waals surface area contributed by atoms with E-state index in [9.17, 15) is 4.79 Å². The SMILES string of the molecule is CN(C)c1ccc(NC(=O)[C@H](N)c2ccccc2)cc1Cl. The number of nitrogens with zero attached hydrogens (tertiary/aromatic N) is 1. The summed E-state index contributed by atoms with van der Waals surface area (Å²) in [6, 6.07) is 13.9. The maximum absolute atomic E-state index is 12.2. The lowest BCUT2D eigenvalue weighted by Gasteiger charge is -2.16. The van der Waals surface area contributed by atoms with Gasteiger partial charge >= 0.3 is 0 Å². The van der Waals surface area contributed by atoms with E-state index in [-0.39, 0.29) is 5.91 Å². The maximum Gasteiger partial charge on any atom is 0.245 e. The van der Waals surface area contributed by atoms with E-state index in [4.69, 9.17) is 17.3 Å². The predicted molar refractivity (Wildman–Crippen MR) is 87.8 cm³/mol. The molecule has 4 nitrogen and oxygen atoms in total. The summed E-state index contributed by atoms with van der Waals surface area (Å²) in [6.07, 6.45) is 0. The number of anilines is 2. The van der Waals surface area contributed by atoms with Crippen LogP contribution in [0.4, 0.5) is 11.4 Å². The van der Waals surface area contributed by atoms with Crippen molar-refractivity contribution in [3.63, 3.8) is 0 Å². The molecule has 0 saturated carbocycles. The van der Waals surface area contributed by atoms with Gasteiger partial charge in [-0.05, 0) is 23.8 Å². The second-order valence-corrected chi connectivity index (χ2v) is 5.35. The third-order valence-corrected chi connectivity index (χ3v) is 3.44. The zero-order chi connectivity index (χ0) is 15.4. The molecule has 0 unspecified atom stereocenters. The van der Waals surface area contributed by atoms with Crippen molar-refractivity contribution < 1.29 is 4.79 Å². The smallest absolute Gasteiger partial charge is 0.245 e. The van der Waals surface area contributed by atoms with Gasteiger partial charge < -0.3 is 16.0 Å². The molecule has 0 fully saturated rings. The zero-order valence-electron chi connectivity index (χ0n) is 12.0. The molecule has 0 radical (unpaired) electrons. The van der Waals surface area contributed by atoms with Crippen LogP contribution in [0.3, 0.4) is 0 Å². The molecule has 0 heterocycles. The Balaban J connectivity index is 2.11. The molecular weight excluding hydrogens is 286 g/mol. The third-order valence-electron chi connectivity index (χ3n) is 3.14. The summed E-state index contributed by atoms with van der Waals surface area (Å²) in [5.41, 5.74) is 8.24. The van der Waals surface area contributed by atoms with Crippen LogP contribution < -0.4 is 16.0 Å². The van der Waals surface area contributed by atoms with E-state index in [2.05, 4.69) is 5.32 Å². The van der Waals surface area contributed by atoms with E-state index >= 15 is 0 Å². The molecule has 21 heavy (non-hydrogen) atoms. The Morgan fingerprint density at radius 1 is 1.19 bits per heavy atom. The fourth-order valence-electron chi connectivity index (χ4n) is 1.98. The molecule has 110 valence electrons. The summed E-state index contributed by atoms with van der Waals surface area (Å²) in [5.74, 6) is -0.269.